The summed E-state index contributed by atoms with van der Waals surface area (Å²) in [5.41, 5.74) is 0.659. The van der Waals surface area contributed by atoms with Crippen LogP contribution in [0.15, 0.2) is 28.8 Å². The SMILES string of the molecule is CCOCc1nc(C2CCCN(C(=O)c3ccc(OC)cc3)C2)no1. The third-order valence-electron chi connectivity index (χ3n) is 4.32. The van der Waals surface area contributed by atoms with Gasteiger partial charge in [-0.2, -0.15) is 4.98 Å². The van der Waals surface area contributed by atoms with Crippen LogP contribution in [0.25, 0.3) is 0 Å². The van der Waals surface area contributed by atoms with E-state index in [1.165, 1.54) is 0 Å². The Hall–Kier alpha value is -2.41. The van der Waals surface area contributed by atoms with Crippen molar-refractivity contribution in [3.05, 3.63) is 41.5 Å². The van der Waals surface area contributed by atoms with Crippen LogP contribution >= 0.6 is 0 Å². The van der Waals surface area contributed by atoms with Crippen LogP contribution in [-0.4, -0.2) is 47.8 Å². The van der Waals surface area contributed by atoms with Crippen molar-refractivity contribution in [3.8, 4) is 5.75 Å². The first-order chi connectivity index (χ1) is 12.2. The fraction of sp³-hybridized carbons (Fsp3) is 0.500. The minimum absolute atomic E-state index is 0.0189. The number of benzene rings is 1. The van der Waals surface area contributed by atoms with Gasteiger partial charge in [0.25, 0.3) is 11.8 Å². The predicted octanol–water partition coefficient (Wildman–Crippen LogP) is 2.63. The van der Waals surface area contributed by atoms with E-state index in [4.69, 9.17) is 14.0 Å². The van der Waals surface area contributed by atoms with Gasteiger partial charge in [-0.05, 0) is 44.0 Å². The summed E-state index contributed by atoms with van der Waals surface area (Å²) in [7, 11) is 1.61. The van der Waals surface area contributed by atoms with E-state index in [1.54, 1.807) is 31.4 Å². The Kier molecular flexibility index (Phi) is 5.65. The van der Waals surface area contributed by atoms with E-state index in [1.807, 2.05) is 11.8 Å². The fourth-order valence-corrected chi connectivity index (χ4v) is 2.97. The zero-order valence-electron chi connectivity index (χ0n) is 14.6. The lowest BCUT2D eigenvalue weighted by molar-refractivity contribution is 0.0703. The van der Waals surface area contributed by atoms with Gasteiger partial charge in [0.1, 0.15) is 12.4 Å². The van der Waals surface area contributed by atoms with E-state index in [0.29, 0.717) is 37.0 Å². The van der Waals surface area contributed by atoms with E-state index < -0.39 is 0 Å². The quantitative estimate of drug-likeness (QED) is 0.801. The third-order valence-corrected chi connectivity index (χ3v) is 4.32. The van der Waals surface area contributed by atoms with Crippen LogP contribution in [0.3, 0.4) is 0 Å². The number of methoxy groups -OCH3 is 1. The number of nitrogens with zero attached hydrogens (tertiary/aromatic N) is 3. The summed E-state index contributed by atoms with van der Waals surface area (Å²) in [5.74, 6) is 1.99. The number of carbonyl (C=O) groups is 1. The second-order valence-corrected chi connectivity index (χ2v) is 6.00. The van der Waals surface area contributed by atoms with Crippen LogP contribution < -0.4 is 4.74 Å². The highest BCUT2D eigenvalue weighted by molar-refractivity contribution is 5.94. The second-order valence-electron chi connectivity index (χ2n) is 6.00. The van der Waals surface area contributed by atoms with E-state index in [9.17, 15) is 4.79 Å². The number of hydrogen-bond donors (Lipinski definition) is 0. The summed E-state index contributed by atoms with van der Waals surface area (Å²) in [6, 6.07) is 7.18. The number of ether oxygens (including phenoxy) is 2. The minimum atomic E-state index is 0.0189. The molecule has 134 valence electrons. The van der Waals surface area contributed by atoms with Crippen molar-refractivity contribution >= 4 is 5.91 Å². The minimum Gasteiger partial charge on any atom is -0.497 e. The standard InChI is InChI=1S/C18H23N3O4/c1-3-24-12-16-19-17(20-25-16)14-5-4-10-21(11-14)18(22)13-6-8-15(23-2)9-7-13/h6-9,14H,3-5,10-12H2,1-2H3. The van der Waals surface area contributed by atoms with Crippen molar-refractivity contribution < 1.29 is 18.8 Å². The summed E-state index contributed by atoms with van der Waals surface area (Å²) in [5, 5.41) is 4.06. The number of likely N-dealkylation sites (tertiary alicyclic amines) is 1. The highest BCUT2D eigenvalue weighted by atomic mass is 16.5. The van der Waals surface area contributed by atoms with Crippen molar-refractivity contribution in [1.82, 2.24) is 15.0 Å². The molecule has 0 spiro atoms. The lowest BCUT2D eigenvalue weighted by atomic mass is 9.96. The molecule has 7 heteroatoms. The maximum Gasteiger partial charge on any atom is 0.253 e. The number of rotatable bonds is 6. The largest absolute Gasteiger partial charge is 0.497 e. The first-order valence-electron chi connectivity index (χ1n) is 8.54. The summed E-state index contributed by atoms with van der Waals surface area (Å²) >= 11 is 0. The topological polar surface area (TPSA) is 77.7 Å². The van der Waals surface area contributed by atoms with Crippen molar-refractivity contribution in [1.29, 1.82) is 0 Å². The third kappa shape index (κ3) is 4.17. The van der Waals surface area contributed by atoms with Gasteiger partial charge in [0, 0.05) is 31.2 Å². The van der Waals surface area contributed by atoms with E-state index in [0.717, 1.165) is 25.1 Å². The highest BCUT2D eigenvalue weighted by Crippen LogP contribution is 2.26. The molecule has 0 bridgehead atoms. The Morgan fingerprint density at radius 1 is 1.36 bits per heavy atom. The lowest BCUT2D eigenvalue weighted by Crippen LogP contribution is -2.39. The van der Waals surface area contributed by atoms with E-state index in [2.05, 4.69) is 10.1 Å². The number of amides is 1. The van der Waals surface area contributed by atoms with Gasteiger partial charge < -0.3 is 18.9 Å². The molecule has 1 aliphatic heterocycles. The normalized spacial score (nSPS) is 17.5. The molecule has 1 aromatic carbocycles. The molecule has 25 heavy (non-hydrogen) atoms. The maximum absolute atomic E-state index is 12.7. The first kappa shape index (κ1) is 17.4. The average Bonchev–Trinajstić information content (AvgIpc) is 3.15. The molecule has 1 aromatic heterocycles. The fourth-order valence-electron chi connectivity index (χ4n) is 2.97. The number of hydrogen-bond acceptors (Lipinski definition) is 6. The summed E-state index contributed by atoms with van der Waals surface area (Å²) in [4.78, 5) is 19.0. The number of carbonyl (C=O) groups excluding carboxylic acids is 1. The van der Waals surface area contributed by atoms with Crippen molar-refractivity contribution in [2.45, 2.75) is 32.3 Å². The van der Waals surface area contributed by atoms with Crippen LogP contribution in [0, 0.1) is 0 Å². The molecule has 1 unspecified atom stereocenters. The van der Waals surface area contributed by atoms with Crippen LogP contribution in [0.5, 0.6) is 5.75 Å². The monoisotopic (exact) mass is 345 g/mol. The van der Waals surface area contributed by atoms with Crippen molar-refractivity contribution in [2.75, 3.05) is 26.8 Å². The molecule has 0 radical (unpaired) electrons. The van der Waals surface area contributed by atoms with Crippen LogP contribution in [0.4, 0.5) is 0 Å². The number of piperidine rings is 1. The van der Waals surface area contributed by atoms with Gasteiger partial charge in [0.2, 0.25) is 0 Å². The lowest BCUT2D eigenvalue weighted by Gasteiger charge is -2.31. The van der Waals surface area contributed by atoms with Gasteiger partial charge >= 0.3 is 0 Å². The molecule has 1 amide bonds. The Labute approximate surface area is 146 Å². The van der Waals surface area contributed by atoms with E-state index >= 15 is 0 Å². The van der Waals surface area contributed by atoms with Crippen molar-refractivity contribution in [2.24, 2.45) is 0 Å². The molecule has 1 fully saturated rings. The first-order valence-corrected chi connectivity index (χ1v) is 8.54. The maximum atomic E-state index is 12.7. The zero-order valence-corrected chi connectivity index (χ0v) is 14.6. The van der Waals surface area contributed by atoms with E-state index in [-0.39, 0.29) is 11.8 Å². The van der Waals surface area contributed by atoms with Crippen LogP contribution in [0.2, 0.25) is 0 Å². The van der Waals surface area contributed by atoms with Crippen LogP contribution in [-0.2, 0) is 11.3 Å². The molecule has 0 aliphatic carbocycles. The molecule has 1 atom stereocenters. The molecule has 2 heterocycles. The Morgan fingerprint density at radius 2 is 2.16 bits per heavy atom. The van der Waals surface area contributed by atoms with Crippen molar-refractivity contribution in [3.63, 3.8) is 0 Å². The second kappa shape index (κ2) is 8.11. The van der Waals surface area contributed by atoms with Gasteiger partial charge in [0.15, 0.2) is 5.82 Å². The summed E-state index contributed by atoms with van der Waals surface area (Å²) in [6.45, 7) is 4.18. The molecular formula is C18H23N3O4. The van der Waals surface area contributed by atoms with Gasteiger partial charge in [0.05, 0.1) is 7.11 Å². The Balaban J connectivity index is 1.65. The summed E-state index contributed by atoms with van der Waals surface area (Å²) in [6.07, 6.45) is 1.86. The molecule has 1 saturated heterocycles. The average molecular weight is 345 g/mol. The number of aromatic nitrogens is 2. The van der Waals surface area contributed by atoms with Crippen LogP contribution in [0.1, 0.15) is 47.8 Å². The molecule has 0 saturated carbocycles. The highest BCUT2D eigenvalue weighted by Gasteiger charge is 2.28. The van der Waals surface area contributed by atoms with Gasteiger partial charge in [-0.3, -0.25) is 4.79 Å². The molecular weight excluding hydrogens is 322 g/mol. The Morgan fingerprint density at radius 3 is 2.88 bits per heavy atom. The molecule has 2 aromatic rings. The van der Waals surface area contributed by atoms with Gasteiger partial charge in [-0.25, -0.2) is 0 Å². The Bertz CT molecular complexity index is 699. The molecule has 3 rings (SSSR count). The molecule has 7 nitrogen and oxygen atoms in total. The molecule has 1 aliphatic rings. The zero-order chi connectivity index (χ0) is 17.6. The van der Waals surface area contributed by atoms with Gasteiger partial charge in [-0.15, -0.1) is 0 Å². The predicted molar refractivity (Wildman–Crippen MR) is 90.5 cm³/mol. The smallest absolute Gasteiger partial charge is 0.253 e. The summed E-state index contributed by atoms with van der Waals surface area (Å²) < 4.78 is 15.6. The van der Waals surface area contributed by atoms with Gasteiger partial charge in [-0.1, -0.05) is 5.16 Å². The molecule has 0 N–H and O–H groups in total.